The number of carbonyl (C=O) groups excluding carboxylic acids is 2. The zero-order valence-corrected chi connectivity index (χ0v) is 17.9. The number of esters is 1. The van der Waals surface area contributed by atoms with Gasteiger partial charge in [-0.1, -0.05) is 24.3 Å². The first-order chi connectivity index (χ1) is 14.3. The molecule has 0 saturated heterocycles. The molecule has 1 aliphatic rings. The molecule has 2 atom stereocenters. The van der Waals surface area contributed by atoms with E-state index in [2.05, 4.69) is 0 Å². The van der Waals surface area contributed by atoms with Gasteiger partial charge < -0.3 is 19.3 Å². The Morgan fingerprint density at radius 2 is 1.90 bits per heavy atom. The molecule has 2 aromatic rings. The number of thioether (sulfide) groups is 1. The molecular weight excluding hydrogens is 388 g/mol. The van der Waals surface area contributed by atoms with Gasteiger partial charge in [-0.2, -0.15) is 0 Å². The van der Waals surface area contributed by atoms with Crippen molar-refractivity contribution < 1.29 is 20.4 Å². The molecule has 0 aromatic heterocycles. The van der Waals surface area contributed by atoms with E-state index in [1.165, 1.54) is 18.7 Å². The first-order valence-electron chi connectivity index (χ1n) is 9.82. The summed E-state index contributed by atoms with van der Waals surface area (Å²) < 4.78 is 20.1. The topological polar surface area (TPSA) is 59.1 Å². The molecule has 1 heterocycles. The van der Waals surface area contributed by atoms with Gasteiger partial charge in [-0.15, -0.1) is 11.8 Å². The molecule has 0 aliphatic carbocycles. The molecule has 6 nitrogen and oxygen atoms in total. The normalized spacial score (nSPS) is 22.0. The number of ether oxygens (including phenoxy) is 2. The van der Waals surface area contributed by atoms with E-state index in [0.29, 0.717) is 30.1 Å². The molecule has 2 unspecified atom stereocenters. The van der Waals surface area contributed by atoms with Crippen molar-refractivity contribution in [2.45, 2.75) is 23.1 Å². The van der Waals surface area contributed by atoms with E-state index < -0.39 is 23.2 Å². The lowest BCUT2D eigenvalue weighted by molar-refractivity contribution is -0.152. The fourth-order valence-electron chi connectivity index (χ4n) is 3.08. The van der Waals surface area contributed by atoms with Gasteiger partial charge in [-0.25, -0.2) is 0 Å². The van der Waals surface area contributed by atoms with Crippen molar-refractivity contribution in [2.24, 2.45) is 0 Å². The molecule has 0 radical (unpaired) electrons. The molecule has 0 fully saturated rings. The Morgan fingerprint density at radius 1 is 1.21 bits per heavy atom. The first kappa shape index (κ1) is 19.8. The van der Waals surface area contributed by atoms with Crippen LogP contribution in [0.2, 0.25) is 0 Å². The monoisotopic (exact) mass is 415 g/mol. The van der Waals surface area contributed by atoms with Gasteiger partial charge in [0.25, 0.3) is 5.91 Å². The summed E-state index contributed by atoms with van der Waals surface area (Å²) in [6, 6.07) is 14.4. The summed E-state index contributed by atoms with van der Waals surface area (Å²) in [6.07, 6.45) is -1.30. The van der Waals surface area contributed by atoms with Crippen molar-refractivity contribution in [3.8, 4) is 5.75 Å². The number of hydrogen-bond donors (Lipinski definition) is 0. The van der Waals surface area contributed by atoms with Crippen molar-refractivity contribution in [3.63, 3.8) is 0 Å². The number of benzene rings is 2. The van der Waals surface area contributed by atoms with E-state index in [-0.39, 0.29) is 0 Å². The van der Waals surface area contributed by atoms with E-state index in [0.717, 1.165) is 4.90 Å². The van der Waals surface area contributed by atoms with Crippen LogP contribution in [0.15, 0.2) is 53.4 Å². The summed E-state index contributed by atoms with van der Waals surface area (Å²) >= 11 is 1.21. The second-order valence-corrected chi connectivity index (χ2v) is 8.03. The van der Waals surface area contributed by atoms with Crippen molar-refractivity contribution in [2.75, 3.05) is 39.2 Å². The van der Waals surface area contributed by atoms with E-state index >= 15 is 0 Å². The Morgan fingerprint density at radius 3 is 2.52 bits per heavy atom. The smallest absolute Gasteiger partial charge is 0.303 e. The zero-order chi connectivity index (χ0) is 21.9. The van der Waals surface area contributed by atoms with Crippen molar-refractivity contribution in [1.29, 1.82) is 0 Å². The number of anilines is 1. The molecule has 0 saturated carbocycles. The predicted molar refractivity (Wildman–Crippen MR) is 114 cm³/mol. The van der Waals surface area contributed by atoms with Gasteiger partial charge in [-0.05, 0) is 43.9 Å². The highest BCUT2D eigenvalue weighted by molar-refractivity contribution is 7.99. The lowest BCUT2D eigenvalue weighted by atomic mass is 10.1. The molecular formula is C22H26N2O4S. The standard InChI is InChI=1S/C22H26N2O4S/c1-15(25)28-20-21(16-9-11-17(27-4)12-10-16)29-19-8-6-5-7-18(19)24(22(20)26)14-13-23(2)3/h5-12,20-21H,13-14H2,1-4H3/i21D. The quantitative estimate of drug-likeness (QED) is 0.675. The lowest BCUT2D eigenvalue weighted by Crippen LogP contribution is -2.45. The summed E-state index contributed by atoms with van der Waals surface area (Å²) in [5.74, 6) is -0.364. The number of amides is 1. The minimum atomic E-state index is -1.56. The molecule has 1 amide bonds. The number of likely N-dealkylation sites (N-methyl/N-ethyl adjacent to an activating group) is 1. The van der Waals surface area contributed by atoms with Gasteiger partial charge in [0.05, 0.1) is 19.4 Å². The van der Waals surface area contributed by atoms with E-state index in [9.17, 15) is 11.0 Å². The number of carbonyl (C=O) groups is 2. The summed E-state index contributed by atoms with van der Waals surface area (Å²) in [5, 5.41) is -1.56. The highest BCUT2D eigenvalue weighted by atomic mass is 32.2. The Kier molecular flexibility index (Phi) is 6.36. The molecule has 29 heavy (non-hydrogen) atoms. The Labute approximate surface area is 177 Å². The number of fused-ring (bicyclic) bond motifs is 1. The maximum atomic E-state index is 13.6. The Bertz CT molecular complexity index is 922. The van der Waals surface area contributed by atoms with Gasteiger partial charge in [-0.3, -0.25) is 9.59 Å². The van der Waals surface area contributed by atoms with Gasteiger partial charge in [0.1, 0.15) is 5.75 Å². The highest BCUT2D eigenvalue weighted by Gasteiger charge is 2.40. The lowest BCUT2D eigenvalue weighted by Gasteiger charge is -2.28. The van der Waals surface area contributed by atoms with Crippen molar-refractivity contribution in [3.05, 3.63) is 54.1 Å². The fraction of sp³-hybridized carbons (Fsp3) is 0.364. The average Bonchev–Trinajstić information content (AvgIpc) is 2.80. The van der Waals surface area contributed by atoms with Crippen LogP contribution in [-0.4, -0.2) is 57.2 Å². The second kappa shape index (κ2) is 9.33. The summed E-state index contributed by atoms with van der Waals surface area (Å²) in [6.45, 7) is 2.31. The number of methoxy groups -OCH3 is 1. The predicted octanol–water partition coefficient (Wildman–Crippen LogP) is 3.37. The molecule has 154 valence electrons. The largest absolute Gasteiger partial charge is 0.497 e. The third-order valence-electron chi connectivity index (χ3n) is 4.53. The maximum Gasteiger partial charge on any atom is 0.303 e. The molecule has 0 N–H and O–H groups in total. The van der Waals surface area contributed by atoms with E-state index in [1.54, 1.807) is 36.3 Å². The Balaban J connectivity index is 2.14. The summed E-state index contributed by atoms with van der Waals surface area (Å²) in [4.78, 5) is 29.9. The van der Waals surface area contributed by atoms with Crippen LogP contribution in [0.4, 0.5) is 5.69 Å². The fourth-order valence-corrected chi connectivity index (χ4v) is 4.25. The average molecular weight is 416 g/mol. The minimum Gasteiger partial charge on any atom is -0.497 e. The van der Waals surface area contributed by atoms with Crippen molar-refractivity contribution >= 4 is 29.3 Å². The number of rotatable bonds is 6. The molecule has 0 bridgehead atoms. The van der Waals surface area contributed by atoms with E-state index in [4.69, 9.17) is 9.47 Å². The van der Waals surface area contributed by atoms with Crippen LogP contribution in [-0.2, 0) is 14.3 Å². The van der Waals surface area contributed by atoms with Crippen LogP contribution in [0.5, 0.6) is 5.75 Å². The number of nitrogens with zero attached hydrogens (tertiary/aromatic N) is 2. The highest BCUT2D eigenvalue weighted by Crippen LogP contribution is 2.46. The molecule has 7 heteroatoms. The van der Waals surface area contributed by atoms with Crippen LogP contribution < -0.4 is 9.64 Å². The van der Waals surface area contributed by atoms with Gasteiger partial charge in [0.15, 0.2) is 6.10 Å². The van der Waals surface area contributed by atoms with Crippen LogP contribution in [0.1, 0.15) is 19.1 Å². The zero-order valence-electron chi connectivity index (χ0n) is 18.0. The van der Waals surface area contributed by atoms with Gasteiger partial charge in [0.2, 0.25) is 0 Å². The Hall–Kier alpha value is -2.51. The maximum absolute atomic E-state index is 13.6. The number of para-hydroxylation sites is 1. The van der Waals surface area contributed by atoms with Gasteiger partial charge >= 0.3 is 5.97 Å². The second-order valence-electron chi connectivity index (χ2n) is 6.95. The first-order valence-corrected chi connectivity index (χ1v) is 10.1. The number of hydrogen-bond acceptors (Lipinski definition) is 6. The van der Waals surface area contributed by atoms with Crippen LogP contribution in [0, 0.1) is 0 Å². The third kappa shape index (κ3) is 4.92. The molecule has 1 aliphatic heterocycles. The SMILES string of the molecule is [2H]C1(c2ccc(OC)cc2)Sc2ccccc2N(CCN(C)C)C(=O)C1OC(C)=O. The summed E-state index contributed by atoms with van der Waals surface area (Å²) in [5.41, 5.74) is 1.27. The molecule has 0 spiro atoms. The van der Waals surface area contributed by atoms with Crippen LogP contribution >= 0.6 is 11.8 Å². The van der Waals surface area contributed by atoms with Crippen LogP contribution in [0.3, 0.4) is 0 Å². The van der Waals surface area contributed by atoms with E-state index in [1.807, 2.05) is 43.3 Å². The van der Waals surface area contributed by atoms with Crippen LogP contribution in [0.25, 0.3) is 0 Å². The minimum absolute atomic E-state index is 0.407. The third-order valence-corrected chi connectivity index (χ3v) is 5.77. The van der Waals surface area contributed by atoms with Crippen molar-refractivity contribution in [1.82, 2.24) is 4.90 Å². The molecule has 3 rings (SSSR count). The summed E-state index contributed by atoms with van der Waals surface area (Å²) in [7, 11) is 5.42. The molecule has 2 aromatic carbocycles. The van der Waals surface area contributed by atoms with Gasteiger partial charge in [0, 0.05) is 24.9 Å².